The molecule has 0 radical (unpaired) electrons. The summed E-state index contributed by atoms with van der Waals surface area (Å²) in [7, 11) is 1.89. The summed E-state index contributed by atoms with van der Waals surface area (Å²) in [4.78, 5) is 8.33. The lowest BCUT2D eigenvalue weighted by molar-refractivity contribution is 0.422. The number of hydrogen-bond acceptors (Lipinski definition) is 5. The van der Waals surface area contributed by atoms with E-state index in [4.69, 9.17) is 4.52 Å². The van der Waals surface area contributed by atoms with Crippen molar-refractivity contribution in [2.45, 2.75) is 6.42 Å². The fourth-order valence-corrected chi connectivity index (χ4v) is 1.60. The molecule has 0 aliphatic heterocycles. The van der Waals surface area contributed by atoms with Crippen molar-refractivity contribution in [1.29, 1.82) is 0 Å². The van der Waals surface area contributed by atoms with Gasteiger partial charge in [0.15, 0.2) is 5.82 Å². The highest BCUT2D eigenvalue weighted by atomic mass is 79.9. The first-order valence-corrected chi connectivity index (χ1v) is 5.67. The molecule has 0 atom stereocenters. The lowest BCUT2D eigenvalue weighted by Gasteiger charge is -1.93. The van der Waals surface area contributed by atoms with Gasteiger partial charge in [-0.3, -0.25) is 4.98 Å². The van der Waals surface area contributed by atoms with E-state index in [9.17, 15) is 0 Å². The minimum Gasteiger partial charge on any atom is -0.334 e. The first kappa shape index (κ1) is 11.2. The van der Waals surface area contributed by atoms with Crippen LogP contribution < -0.4 is 5.32 Å². The Morgan fingerprint density at radius 2 is 2.31 bits per heavy atom. The molecule has 0 fully saturated rings. The smallest absolute Gasteiger partial charge is 0.259 e. The van der Waals surface area contributed by atoms with Gasteiger partial charge in [-0.15, -0.1) is 0 Å². The van der Waals surface area contributed by atoms with Crippen molar-refractivity contribution in [1.82, 2.24) is 20.4 Å². The van der Waals surface area contributed by atoms with Crippen molar-refractivity contribution in [2.75, 3.05) is 13.6 Å². The van der Waals surface area contributed by atoms with Crippen LogP contribution in [0.2, 0.25) is 0 Å². The third-order valence-corrected chi connectivity index (χ3v) is 2.45. The Kier molecular flexibility index (Phi) is 3.63. The number of nitrogens with one attached hydrogen (secondary N) is 1. The van der Waals surface area contributed by atoms with Gasteiger partial charge in [-0.1, -0.05) is 5.16 Å². The number of pyridine rings is 1. The van der Waals surface area contributed by atoms with E-state index in [0.717, 1.165) is 23.0 Å². The Hall–Kier alpha value is -1.27. The summed E-state index contributed by atoms with van der Waals surface area (Å²) in [6.45, 7) is 0.829. The van der Waals surface area contributed by atoms with E-state index >= 15 is 0 Å². The van der Waals surface area contributed by atoms with Crippen LogP contribution in [-0.2, 0) is 6.42 Å². The summed E-state index contributed by atoms with van der Waals surface area (Å²) in [5, 5.41) is 6.92. The Bertz CT molecular complexity index is 471. The molecule has 0 saturated heterocycles. The zero-order valence-corrected chi connectivity index (χ0v) is 10.4. The van der Waals surface area contributed by atoms with Gasteiger partial charge in [0.05, 0.1) is 5.56 Å². The van der Waals surface area contributed by atoms with Gasteiger partial charge in [0.25, 0.3) is 5.89 Å². The normalized spacial score (nSPS) is 10.6. The van der Waals surface area contributed by atoms with E-state index in [-0.39, 0.29) is 0 Å². The van der Waals surface area contributed by atoms with E-state index in [1.165, 1.54) is 0 Å². The van der Waals surface area contributed by atoms with Crippen LogP contribution in [0.5, 0.6) is 0 Å². The molecule has 0 saturated carbocycles. The quantitative estimate of drug-likeness (QED) is 0.924. The summed E-state index contributed by atoms with van der Waals surface area (Å²) in [6.07, 6.45) is 4.16. The van der Waals surface area contributed by atoms with Crippen LogP contribution in [0.15, 0.2) is 27.5 Å². The average Bonchev–Trinajstić information content (AvgIpc) is 2.75. The van der Waals surface area contributed by atoms with Gasteiger partial charge < -0.3 is 9.84 Å². The second-order valence-electron chi connectivity index (χ2n) is 3.26. The maximum atomic E-state index is 5.15. The highest BCUT2D eigenvalue weighted by Crippen LogP contribution is 2.19. The second-order valence-corrected chi connectivity index (χ2v) is 4.18. The van der Waals surface area contributed by atoms with Crippen LogP contribution in [-0.4, -0.2) is 28.7 Å². The molecule has 16 heavy (non-hydrogen) atoms. The van der Waals surface area contributed by atoms with Crippen molar-refractivity contribution in [3.05, 3.63) is 28.8 Å². The summed E-state index contributed by atoms with van der Waals surface area (Å²) in [5.74, 6) is 1.20. The molecule has 0 amide bonds. The van der Waals surface area contributed by atoms with Crippen LogP contribution in [0.25, 0.3) is 11.5 Å². The predicted molar refractivity (Wildman–Crippen MR) is 62.9 cm³/mol. The molecule has 84 valence electrons. The monoisotopic (exact) mass is 282 g/mol. The van der Waals surface area contributed by atoms with E-state index in [1.54, 1.807) is 12.4 Å². The molecule has 2 aromatic rings. The van der Waals surface area contributed by atoms with Crippen LogP contribution in [0, 0.1) is 0 Å². The van der Waals surface area contributed by atoms with Crippen molar-refractivity contribution < 1.29 is 4.52 Å². The fraction of sp³-hybridized carbons (Fsp3) is 0.300. The first-order chi connectivity index (χ1) is 7.79. The SMILES string of the molecule is CNCCc1noc(-c2cncc(Br)c2)n1. The molecule has 2 aromatic heterocycles. The van der Waals surface area contributed by atoms with Gasteiger partial charge in [-0.25, -0.2) is 0 Å². The van der Waals surface area contributed by atoms with Crippen LogP contribution >= 0.6 is 15.9 Å². The molecule has 0 aromatic carbocycles. The molecule has 6 heteroatoms. The largest absolute Gasteiger partial charge is 0.334 e. The number of nitrogens with zero attached hydrogens (tertiary/aromatic N) is 3. The molecule has 5 nitrogen and oxygen atoms in total. The van der Waals surface area contributed by atoms with Gasteiger partial charge in [0.2, 0.25) is 0 Å². The lowest BCUT2D eigenvalue weighted by atomic mass is 10.3. The Labute approximate surface area is 101 Å². The molecule has 1 N–H and O–H groups in total. The van der Waals surface area contributed by atoms with E-state index in [2.05, 4.69) is 36.4 Å². The third-order valence-electron chi connectivity index (χ3n) is 2.02. The number of hydrogen-bond donors (Lipinski definition) is 1. The number of rotatable bonds is 4. The summed E-state index contributed by atoms with van der Waals surface area (Å²) >= 11 is 3.35. The van der Waals surface area contributed by atoms with Crippen LogP contribution in [0.1, 0.15) is 5.82 Å². The van der Waals surface area contributed by atoms with Gasteiger partial charge >= 0.3 is 0 Å². The van der Waals surface area contributed by atoms with Crippen LogP contribution in [0.3, 0.4) is 0 Å². The molecular weight excluding hydrogens is 272 g/mol. The van der Waals surface area contributed by atoms with Crippen molar-refractivity contribution in [3.8, 4) is 11.5 Å². The van der Waals surface area contributed by atoms with E-state index in [1.807, 2.05) is 13.1 Å². The standard InChI is InChI=1S/C10H11BrN4O/c1-12-3-2-9-14-10(16-15-9)7-4-8(11)6-13-5-7/h4-6,12H,2-3H2,1H3. The zero-order chi connectivity index (χ0) is 11.4. The molecule has 0 aliphatic rings. The molecule has 0 aliphatic carbocycles. The van der Waals surface area contributed by atoms with Crippen molar-refractivity contribution >= 4 is 15.9 Å². The molecular formula is C10H11BrN4O. The maximum Gasteiger partial charge on any atom is 0.259 e. The third kappa shape index (κ3) is 2.65. The lowest BCUT2D eigenvalue weighted by Crippen LogP contribution is -2.10. The van der Waals surface area contributed by atoms with Gasteiger partial charge in [0.1, 0.15) is 0 Å². The highest BCUT2D eigenvalue weighted by Gasteiger charge is 2.08. The Balaban J connectivity index is 2.18. The molecule has 0 spiro atoms. The minimum atomic E-state index is 0.500. The molecule has 2 rings (SSSR count). The number of halogens is 1. The van der Waals surface area contributed by atoms with Crippen LogP contribution in [0.4, 0.5) is 0 Å². The van der Waals surface area contributed by atoms with Crippen molar-refractivity contribution in [2.24, 2.45) is 0 Å². The molecule has 2 heterocycles. The topological polar surface area (TPSA) is 63.8 Å². The predicted octanol–water partition coefficient (Wildman–Crippen LogP) is 1.66. The average molecular weight is 283 g/mol. The number of likely N-dealkylation sites (N-methyl/N-ethyl adjacent to an activating group) is 1. The fourth-order valence-electron chi connectivity index (χ4n) is 1.24. The van der Waals surface area contributed by atoms with Gasteiger partial charge in [0, 0.05) is 29.8 Å². The zero-order valence-electron chi connectivity index (χ0n) is 8.77. The minimum absolute atomic E-state index is 0.500. The molecule has 0 bridgehead atoms. The van der Waals surface area contributed by atoms with Gasteiger partial charge in [-0.2, -0.15) is 4.98 Å². The Morgan fingerprint density at radius 1 is 1.44 bits per heavy atom. The summed E-state index contributed by atoms with van der Waals surface area (Å²) in [6, 6.07) is 1.89. The van der Waals surface area contributed by atoms with Crippen molar-refractivity contribution in [3.63, 3.8) is 0 Å². The second kappa shape index (κ2) is 5.18. The maximum absolute atomic E-state index is 5.15. The molecule has 0 unspecified atom stereocenters. The summed E-state index contributed by atoms with van der Waals surface area (Å²) in [5.41, 5.74) is 0.817. The highest BCUT2D eigenvalue weighted by molar-refractivity contribution is 9.10. The Morgan fingerprint density at radius 3 is 3.06 bits per heavy atom. The van der Waals surface area contributed by atoms with Gasteiger partial charge in [-0.05, 0) is 29.0 Å². The number of aromatic nitrogens is 3. The first-order valence-electron chi connectivity index (χ1n) is 4.87. The van der Waals surface area contributed by atoms with E-state index in [0.29, 0.717) is 11.7 Å². The van der Waals surface area contributed by atoms with E-state index < -0.39 is 0 Å². The summed E-state index contributed by atoms with van der Waals surface area (Å²) < 4.78 is 6.04.